The van der Waals surface area contributed by atoms with Gasteiger partial charge in [-0.1, -0.05) is 24.3 Å². The third kappa shape index (κ3) is 6.20. The van der Waals surface area contributed by atoms with E-state index in [9.17, 15) is 0 Å². The number of fused-ring (bicyclic) bond motifs is 1. The summed E-state index contributed by atoms with van der Waals surface area (Å²) in [6.45, 7) is 1.59. The molecule has 0 spiro atoms. The van der Waals surface area contributed by atoms with E-state index in [0.717, 1.165) is 30.5 Å². The zero-order valence-electron chi connectivity index (χ0n) is 28.7. The standard InChI is InChI=1S/C35H47NO10/c1-37-26-23(27(38-2)31(42-6)34(45-9)30(26)41-5)15-16-25-22-14-12-11-13-21(22)17-19-36(25)20-18-24-28(39-3)32(43-7)35(46-10)33(44-8)29(24)40-4/h11-14,25H,15-20H2,1-10H3. The van der Waals surface area contributed by atoms with E-state index in [4.69, 9.17) is 47.4 Å². The van der Waals surface area contributed by atoms with Crippen molar-refractivity contribution < 1.29 is 47.4 Å². The van der Waals surface area contributed by atoms with Crippen LogP contribution in [0.2, 0.25) is 0 Å². The number of ether oxygens (including phenoxy) is 10. The minimum Gasteiger partial charge on any atom is -0.492 e. The largest absolute Gasteiger partial charge is 0.492 e. The van der Waals surface area contributed by atoms with Gasteiger partial charge in [-0.05, 0) is 36.8 Å². The second-order valence-corrected chi connectivity index (χ2v) is 10.6. The first-order valence-corrected chi connectivity index (χ1v) is 15.1. The third-order valence-electron chi connectivity index (χ3n) is 8.63. The summed E-state index contributed by atoms with van der Waals surface area (Å²) in [5.74, 6) is 4.88. The van der Waals surface area contributed by atoms with Gasteiger partial charge < -0.3 is 47.4 Å². The van der Waals surface area contributed by atoms with Gasteiger partial charge in [0.15, 0.2) is 23.0 Å². The lowest BCUT2D eigenvalue weighted by molar-refractivity contribution is 0.175. The van der Waals surface area contributed by atoms with Gasteiger partial charge in [0, 0.05) is 30.3 Å². The lowest BCUT2D eigenvalue weighted by Crippen LogP contribution is -2.37. The highest BCUT2D eigenvalue weighted by atomic mass is 16.6. The predicted molar refractivity (Wildman–Crippen MR) is 175 cm³/mol. The van der Waals surface area contributed by atoms with Crippen LogP contribution in [0.15, 0.2) is 24.3 Å². The van der Waals surface area contributed by atoms with Crippen molar-refractivity contribution in [2.24, 2.45) is 0 Å². The van der Waals surface area contributed by atoms with Crippen LogP contribution in [0.25, 0.3) is 0 Å². The maximum Gasteiger partial charge on any atom is 0.211 e. The average Bonchev–Trinajstić information content (AvgIpc) is 3.10. The molecular formula is C35H47NO10. The van der Waals surface area contributed by atoms with Crippen LogP contribution in [-0.4, -0.2) is 89.1 Å². The highest BCUT2D eigenvalue weighted by Crippen LogP contribution is 2.55. The van der Waals surface area contributed by atoms with Crippen LogP contribution in [0.3, 0.4) is 0 Å². The van der Waals surface area contributed by atoms with E-state index in [0.29, 0.717) is 76.9 Å². The zero-order chi connectivity index (χ0) is 33.4. The highest BCUT2D eigenvalue weighted by molar-refractivity contribution is 5.71. The molecule has 0 aliphatic carbocycles. The number of nitrogens with zero attached hydrogens (tertiary/aromatic N) is 1. The van der Waals surface area contributed by atoms with E-state index < -0.39 is 0 Å². The van der Waals surface area contributed by atoms with Gasteiger partial charge in [0.1, 0.15) is 0 Å². The van der Waals surface area contributed by atoms with E-state index in [-0.39, 0.29) is 6.04 Å². The topological polar surface area (TPSA) is 95.5 Å². The smallest absolute Gasteiger partial charge is 0.211 e. The van der Waals surface area contributed by atoms with Crippen LogP contribution >= 0.6 is 0 Å². The van der Waals surface area contributed by atoms with Gasteiger partial charge in [-0.3, -0.25) is 4.90 Å². The molecule has 4 rings (SSSR count). The van der Waals surface area contributed by atoms with Crippen LogP contribution in [0, 0.1) is 0 Å². The Bertz CT molecular complexity index is 1420. The first-order valence-electron chi connectivity index (χ1n) is 15.1. The minimum atomic E-state index is 0.0949. The predicted octanol–water partition coefficient (Wildman–Crippen LogP) is 5.55. The van der Waals surface area contributed by atoms with E-state index in [1.54, 1.807) is 71.1 Å². The Kier molecular flexibility index (Phi) is 11.8. The normalized spacial score (nSPS) is 14.2. The molecule has 1 aliphatic heterocycles. The molecule has 0 fully saturated rings. The molecule has 3 aromatic carbocycles. The number of benzene rings is 3. The van der Waals surface area contributed by atoms with Crippen LogP contribution < -0.4 is 47.4 Å². The molecule has 0 amide bonds. The van der Waals surface area contributed by atoms with Crippen molar-refractivity contribution in [3.63, 3.8) is 0 Å². The molecule has 11 heteroatoms. The van der Waals surface area contributed by atoms with Gasteiger partial charge >= 0.3 is 0 Å². The van der Waals surface area contributed by atoms with Crippen LogP contribution in [0.1, 0.15) is 34.7 Å². The molecule has 11 nitrogen and oxygen atoms in total. The van der Waals surface area contributed by atoms with Crippen molar-refractivity contribution in [1.82, 2.24) is 4.90 Å². The molecule has 46 heavy (non-hydrogen) atoms. The molecule has 0 bridgehead atoms. The second-order valence-electron chi connectivity index (χ2n) is 10.6. The van der Waals surface area contributed by atoms with Crippen LogP contribution in [0.4, 0.5) is 0 Å². The fourth-order valence-electron chi connectivity index (χ4n) is 6.65. The molecule has 1 unspecified atom stereocenters. The van der Waals surface area contributed by atoms with Crippen molar-refractivity contribution in [3.8, 4) is 57.5 Å². The fourth-order valence-corrected chi connectivity index (χ4v) is 6.65. The molecule has 0 radical (unpaired) electrons. The number of hydrogen-bond acceptors (Lipinski definition) is 11. The molecule has 3 aromatic rings. The Morgan fingerprint density at radius 1 is 0.500 bits per heavy atom. The zero-order valence-corrected chi connectivity index (χ0v) is 28.7. The molecule has 0 saturated carbocycles. The fraction of sp³-hybridized carbons (Fsp3) is 0.486. The summed E-state index contributed by atoms with van der Waals surface area (Å²) in [4.78, 5) is 2.50. The van der Waals surface area contributed by atoms with Crippen molar-refractivity contribution in [1.29, 1.82) is 0 Å². The van der Waals surface area contributed by atoms with Crippen molar-refractivity contribution in [2.45, 2.75) is 31.7 Å². The summed E-state index contributed by atoms with van der Waals surface area (Å²) in [5.41, 5.74) is 4.32. The maximum atomic E-state index is 5.89. The third-order valence-corrected chi connectivity index (χ3v) is 8.63. The molecule has 0 aromatic heterocycles. The Balaban J connectivity index is 1.75. The molecule has 1 heterocycles. The Morgan fingerprint density at radius 3 is 1.28 bits per heavy atom. The Morgan fingerprint density at radius 2 is 0.870 bits per heavy atom. The van der Waals surface area contributed by atoms with E-state index in [1.807, 2.05) is 0 Å². The molecule has 1 aliphatic rings. The SMILES string of the molecule is COc1c(CCC2c3ccccc3CCN2CCc2c(OC)c(OC)c(OC)c(OC)c2OC)c(OC)c(OC)c(OC)c1OC. The number of rotatable bonds is 16. The van der Waals surface area contributed by atoms with E-state index >= 15 is 0 Å². The first-order chi connectivity index (χ1) is 22.4. The summed E-state index contributed by atoms with van der Waals surface area (Å²) in [6.07, 6.45) is 2.94. The highest BCUT2D eigenvalue weighted by Gasteiger charge is 2.33. The summed E-state index contributed by atoms with van der Waals surface area (Å²) in [5, 5.41) is 0. The Labute approximate surface area is 272 Å². The lowest BCUT2D eigenvalue weighted by Gasteiger charge is -2.38. The van der Waals surface area contributed by atoms with Crippen molar-refractivity contribution >= 4 is 0 Å². The second kappa shape index (κ2) is 15.8. The van der Waals surface area contributed by atoms with Gasteiger partial charge in [0.2, 0.25) is 34.5 Å². The maximum absolute atomic E-state index is 5.89. The molecule has 0 N–H and O–H groups in total. The summed E-state index contributed by atoms with van der Waals surface area (Å²) < 4.78 is 57.8. The minimum absolute atomic E-state index is 0.0949. The van der Waals surface area contributed by atoms with Crippen LogP contribution in [-0.2, 0) is 19.3 Å². The summed E-state index contributed by atoms with van der Waals surface area (Å²) >= 11 is 0. The average molecular weight is 642 g/mol. The van der Waals surface area contributed by atoms with Crippen LogP contribution in [0.5, 0.6) is 57.5 Å². The molecule has 1 atom stereocenters. The summed E-state index contributed by atoms with van der Waals surface area (Å²) in [6, 6.07) is 8.73. The summed E-state index contributed by atoms with van der Waals surface area (Å²) in [7, 11) is 15.9. The van der Waals surface area contributed by atoms with Gasteiger partial charge in [-0.15, -0.1) is 0 Å². The number of methoxy groups -OCH3 is 10. The quantitative estimate of drug-likeness (QED) is 0.197. The van der Waals surface area contributed by atoms with Gasteiger partial charge in [0.05, 0.1) is 71.1 Å². The monoisotopic (exact) mass is 641 g/mol. The first kappa shape index (κ1) is 34.5. The van der Waals surface area contributed by atoms with Gasteiger partial charge in [-0.25, -0.2) is 0 Å². The molecular weight excluding hydrogens is 594 g/mol. The number of hydrogen-bond donors (Lipinski definition) is 0. The molecule has 0 saturated heterocycles. The van der Waals surface area contributed by atoms with E-state index in [1.165, 1.54) is 11.1 Å². The van der Waals surface area contributed by atoms with Crippen molar-refractivity contribution in [3.05, 3.63) is 46.5 Å². The lowest BCUT2D eigenvalue weighted by atomic mass is 9.88. The van der Waals surface area contributed by atoms with E-state index in [2.05, 4.69) is 29.2 Å². The Hall–Kier alpha value is -4.38. The van der Waals surface area contributed by atoms with Crippen molar-refractivity contribution in [2.75, 3.05) is 84.2 Å². The van der Waals surface area contributed by atoms with Gasteiger partial charge in [0.25, 0.3) is 0 Å². The molecule has 252 valence electrons. The van der Waals surface area contributed by atoms with Gasteiger partial charge in [-0.2, -0.15) is 0 Å².